The fraction of sp³-hybridized carbons (Fsp3) is 0.714. The number of carbonyl (C=O) groups is 1. The van der Waals surface area contributed by atoms with Crippen LogP contribution in [0.1, 0.15) is 37.2 Å². The predicted molar refractivity (Wildman–Crippen MR) is 71.5 cm³/mol. The van der Waals surface area contributed by atoms with Crippen LogP contribution in [0.25, 0.3) is 0 Å². The first-order valence-electron chi connectivity index (χ1n) is 7.14. The summed E-state index contributed by atoms with van der Waals surface area (Å²) in [6, 6.07) is 1.69. The second kappa shape index (κ2) is 4.75. The van der Waals surface area contributed by atoms with Crippen molar-refractivity contribution in [1.29, 1.82) is 0 Å². The van der Waals surface area contributed by atoms with Gasteiger partial charge in [-0.15, -0.1) is 0 Å². The molecule has 6 heteroatoms. The van der Waals surface area contributed by atoms with Crippen molar-refractivity contribution >= 4 is 5.91 Å². The van der Waals surface area contributed by atoms with E-state index in [9.17, 15) is 9.18 Å². The number of nitrogens with zero attached hydrogens (tertiary/aromatic N) is 3. The van der Waals surface area contributed by atoms with E-state index in [1.54, 1.807) is 29.5 Å². The number of carbonyl (C=O) groups excluding carboxylic acids is 1. The van der Waals surface area contributed by atoms with Crippen LogP contribution in [-0.4, -0.2) is 46.0 Å². The first-order valence-corrected chi connectivity index (χ1v) is 7.14. The van der Waals surface area contributed by atoms with E-state index in [2.05, 4.69) is 5.10 Å². The molecule has 0 unspecified atom stereocenters. The van der Waals surface area contributed by atoms with Gasteiger partial charge in [0.1, 0.15) is 12.3 Å². The zero-order valence-corrected chi connectivity index (χ0v) is 11.9. The number of amides is 1. The van der Waals surface area contributed by atoms with Crippen molar-refractivity contribution in [3.63, 3.8) is 0 Å². The number of hydrogen-bond acceptors (Lipinski definition) is 3. The van der Waals surface area contributed by atoms with E-state index in [0.717, 1.165) is 0 Å². The van der Waals surface area contributed by atoms with E-state index in [0.29, 0.717) is 50.7 Å². The van der Waals surface area contributed by atoms with Gasteiger partial charge in [0, 0.05) is 19.2 Å². The van der Waals surface area contributed by atoms with Gasteiger partial charge < -0.3 is 9.64 Å². The Hall–Kier alpha value is -1.59. The number of piperidine rings is 1. The molecule has 0 saturated carbocycles. The molecule has 1 aromatic heterocycles. The minimum absolute atomic E-state index is 0.0295. The lowest BCUT2D eigenvalue weighted by Crippen LogP contribution is -2.43. The average molecular weight is 281 g/mol. The molecule has 0 N–H and O–H groups in total. The van der Waals surface area contributed by atoms with E-state index in [1.165, 1.54) is 0 Å². The maximum absolute atomic E-state index is 13.9. The molecule has 0 aliphatic carbocycles. The molecular formula is C14H20FN3O2. The number of fused-ring (bicyclic) bond motifs is 1. The van der Waals surface area contributed by atoms with Gasteiger partial charge in [0.2, 0.25) is 5.88 Å². The number of halogens is 1. The van der Waals surface area contributed by atoms with Crippen LogP contribution in [0, 0.1) is 5.92 Å². The minimum Gasteiger partial charge on any atom is -0.476 e. The number of likely N-dealkylation sites (tertiary alicyclic amines) is 1. The molecule has 20 heavy (non-hydrogen) atoms. The third-order valence-electron chi connectivity index (χ3n) is 4.27. The van der Waals surface area contributed by atoms with Crippen LogP contribution in [0.4, 0.5) is 4.39 Å². The fourth-order valence-corrected chi connectivity index (χ4v) is 2.95. The molecule has 1 amide bonds. The molecule has 5 nitrogen and oxygen atoms in total. The molecule has 1 fully saturated rings. The van der Waals surface area contributed by atoms with Gasteiger partial charge >= 0.3 is 0 Å². The van der Waals surface area contributed by atoms with Crippen LogP contribution in [0.3, 0.4) is 0 Å². The molecule has 0 atom stereocenters. The van der Waals surface area contributed by atoms with E-state index >= 15 is 0 Å². The summed E-state index contributed by atoms with van der Waals surface area (Å²) in [6.45, 7) is 5.74. The monoisotopic (exact) mass is 281 g/mol. The van der Waals surface area contributed by atoms with E-state index < -0.39 is 5.67 Å². The Kier molecular flexibility index (Phi) is 3.18. The highest BCUT2D eigenvalue weighted by molar-refractivity contribution is 5.92. The number of rotatable bonds is 2. The van der Waals surface area contributed by atoms with Gasteiger partial charge in [0.25, 0.3) is 5.91 Å². The smallest absolute Gasteiger partial charge is 0.274 e. The first-order chi connectivity index (χ1) is 9.45. The van der Waals surface area contributed by atoms with Gasteiger partial charge in [-0.25, -0.2) is 9.07 Å². The predicted octanol–water partition coefficient (Wildman–Crippen LogP) is 1.88. The third-order valence-corrected chi connectivity index (χ3v) is 4.27. The zero-order chi connectivity index (χ0) is 14.3. The second-order valence-corrected chi connectivity index (χ2v) is 6.07. The van der Waals surface area contributed by atoms with E-state index in [-0.39, 0.29) is 11.8 Å². The topological polar surface area (TPSA) is 47.4 Å². The van der Waals surface area contributed by atoms with Crippen LogP contribution in [0.2, 0.25) is 0 Å². The summed E-state index contributed by atoms with van der Waals surface area (Å²) < 4.78 is 21.0. The highest BCUT2D eigenvalue weighted by Crippen LogP contribution is 2.31. The summed E-state index contributed by atoms with van der Waals surface area (Å²) in [4.78, 5) is 14.1. The highest BCUT2D eigenvalue weighted by atomic mass is 19.1. The normalized spacial score (nSPS) is 19.9. The van der Waals surface area contributed by atoms with Gasteiger partial charge in [0.05, 0.1) is 6.54 Å². The van der Waals surface area contributed by atoms with Crippen molar-refractivity contribution in [2.45, 2.75) is 38.9 Å². The Labute approximate surface area is 117 Å². The SMILES string of the molecule is CC(C)(F)C1CCN(C(=O)c2cc3n(n2)CCO3)CC1. The molecule has 2 aliphatic heterocycles. The number of aromatic nitrogens is 2. The van der Waals surface area contributed by atoms with Crippen LogP contribution >= 0.6 is 0 Å². The molecule has 0 spiro atoms. The molecule has 0 bridgehead atoms. The summed E-state index contributed by atoms with van der Waals surface area (Å²) in [6.07, 6.45) is 1.42. The summed E-state index contributed by atoms with van der Waals surface area (Å²) >= 11 is 0. The molecule has 0 aromatic carbocycles. The molecule has 3 rings (SSSR count). The van der Waals surface area contributed by atoms with Gasteiger partial charge in [0.15, 0.2) is 5.69 Å². The number of hydrogen-bond donors (Lipinski definition) is 0. The Morgan fingerprint density at radius 3 is 2.70 bits per heavy atom. The second-order valence-electron chi connectivity index (χ2n) is 6.07. The molecular weight excluding hydrogens is 261 g/mol. The van der Waals surface area contributed by atoms with Crippen molar-refractivity contribution in [3.8, 4) is 5.88 Å². The lowest BCUT2D eigenvalue weighted by Gasteiger charge is -2.36. The minimum atomic E-state index is -1.17. The quantitative estimate of drug-likeness (QED) is 0.831. The molecule has 3 heterocycles. The summed E-state index contributed by atoms with van der Waals surface area (Å²) in [5.74, 6) is 0.612. The molecule has 1 aromatic rings. The summed E-state index contributed by atoms with van der Waals surface area (Å²) in [5, 5.41) is 4.26. The van der Waals surface area contributed by atoms with Crippen LogP contribution in [0.15, 0.2) is 6.07 Å². The molecule has 110 valence electrons. The van der Waals surface area contributed by atoms with Gasteiger partial charge in [-0.3, -0.25) is 4.79 Å². The molecule has 0 radical (unpaired) electrons. The van der Waals surface area contributed by atoms with Crippen molar-refractivity contribution in [1.82, 2.24) is 14.7 Å². The van der Waals surface area contributed by atoms with Crippen LogP contribution in [-0.2, 0) is 6.54 Å². The van der Waals surface area contributed by atoms with E-state index in [1.807, 2.05) is 0 Å². The van der Waals surface area contributed by atoms with Crippen molar-refractivity contribution in [2.75, 3.05) is 19.7 Å². The van der Waals surface area contributed by atoms with Gasteiger partial charge in [-0.2, -0.15) is 5.10 Å². The molecule has 1 saturated heterocycles. The Morgan fingerprint density at radius 1 is 1.40 bits per heavy atom. The van der Waals surface area contributed by atoms with Crippen LogP contribution < -0.4 is 4.74 Å². The van der Waals surface area contributed by atoms with Crippen LogP contribution in [0.5, 0.6) is 5.88 Å². The van der Waals surface area contributed by atoms with Crippen molar-refractivity contribution < 1.29 is 13.9 Å². The Balaban J connectivity index is 1.64. The first kappa shape index (κ1) is 13.4. The highest BCUT2D eigenvalue weighted by Gasteiger charge is 2.34. The van der Waals surface area contributed by atoms with Crippen molar-refractivity contribution in [2.24, 2.45) is 5.92 Å². The van der Waals surface area contributed by atoms with E-state index in [4.69, 9.17) is 4.74 Å². The fourth-order valence-electron chi connectivity index (χ4n) is 2.95. The standard InChI is InChI=1S/C14H20FN3O2/c1-14(2,15)10-3-5-17(6-4-10)13(19)11-9-12-18(16-11)7-8-20-12/h9-10H,3-8H2,1-2H3. The van der Waals surface area contributed by atoms with Crippen molar-refractivity contribution in [3.05, 3.63) is 11.8 Å². The third kappa shape index (κ3) is 2.39. The lowest BCUT2D eigenvalue weighted by atomic mass is 9.84. The number of ether oxygens (including phenoxy) is 1. The van der Waals surface area contributed by atoms with Gasteiger partial charge in [-0.1, -0.05) is 0 Å². The summed E-state index contributed by atoms with van der Waals surface area (Å²) in [5.41, 5.74) is -0.740. The largest absolute Gasteiger partial charge is 0.476 e. The Bertz CT molecular complexity index is 491. The lowest BCUT2D eigenvalue weighted by molar-refractivity contribution is 0.0467. The number of alkyl halides is 1. The van der Waals surface area contributed by atoms with Gasteiger partial charge in [-0.05, 0) is 32.6 Å². The Morgan fingerprint density at radius 2 is 2.10 bits per heavy atom. The maximum Gasteiger partial charge on any atom is 0.274 e. The summed E-state index contributed by atoms with van der Waals surface area (Å²) in [7, 11) is 0. The maximum atomic E-state index is 13.9. The average Bonchev–Trinajstić information content (AvgIpc) is 2.97. The molecule has 2 aliphatic rings. The zero-order valence-electron chi connectivity index (χ0n) is 11.9.